The van der Waals surface area contributed by atoms with Gasteiger partial charge in [0.15, 0.2) is 0 Å². The molecule has 2 aromatic rings. The third-order valence-corrected chi connectivity index (χ3v) is 2.20. The summed E-state index contributed by atoms with van der Waals surface area (Å²) in [5, 5.41) is 4.43. The molecular weight excluding hydrogens is 204 g/mol. The molecule has 0 N–H and O–H groups in total. The van der Waals surface area contributed by atoms with Crippen LogP contribution in [-0.4, -0.2) is 22.7 Å². The van der Waals surface area contributed by atoms with E-state index in [4.69, 9.17) is 11.6 Å². The van der Waals surface area contributed by atoms with Crippen LogP contribution in [0.2, 0.25) is 5.15 Å². The zero-order valence-corrected chi connectivity index (χ0v) is 8.15. The molecule has 0 aliphatic carbocycles. The van der Waals surface area contributed by atoms with Gasteiger partial charge in [-0.05, 0) is 18.2 Å². The van der Waals surface area contributed by atoms with Gasteiger partial charge in [-0.15, -0.1) is 0 Å². The quantitative estimate of drug-likeness (QED) is 0.532. The molecule has 0 unspecified atom stereocenters. The van der Waals surface area contributed by atoms with Gasteiger partial charge in [0.25, 0.3) is 0 Å². The maximum atomic E-state index is 11.3. The summed E-state index contributed by atoms with van der Waals surface area (Å²) in [6.07, 6.45) is 1.58. The number of fused-ring (bicyclic) bond motifs is 1. The van der Waals surface area contributed by atoms with E-state index in [-0.39, 0.29) is 0 Å². The summed E-state index contributed by atoms with van der Waals surface area (Å²) < 4.78 is 6.11. The number of halogens is 1. The van der Waals surface area contributed by atoms with E-state index < -0.39 is 5.97 Å². The van der Waals surface area contributed by atoms with Crippen molar-refractivity contribution < 1.29 is 9.53 Å². The van der Waals surface area contributed by atoms with Crippen LogP contribution in [0, 0.1) is 0 Å². The average molecular weight is 211 g/mol. The van der Waals surface area contributed by atoms with Crippen LogP contribution in [0.1, 0.15) is 10.4 Å². The third-order valence-electron chi connectivity index (χ3n) is 1.91. The SMILES string of the molecule is COC(=O)c1ccc(Cl)n2nccc12. The maximum Gasteiger partial charge on any atom is 0.340 e. The van der Waals surface area contributed by atoms with Gasteiger partial charge < -0.3 is 4.74 Å². The van der Waals surface area contributed by atoms with Crippen LogP contribution in [0.25, 0.3) is 5.52 Å². The number of aromatic nitrogens is 2. The van der Waals surface area contributed by atoms with Crippen LogP contribution < -0.4 is 0 Å². The van der Waals surface area contributed by atoms with Crippen LogP contribution >= 0.6 is 11.6 Å². The molecule has 0 aliphatic rings. The summed E-state index contributed by atoms with van der Waals surface area (Å²) in [6.45, 7) is 0. The molecule has 0 atom stereocenters. The zero-order valence-electron chi connectivity index (χ0n) is 7.40. The second-order valence-corrected chi connectivity index (χ2v) is 3.08. The number of nitrogens with zero attached hydrogens (tertiary/aromatic N) is 2. The summed E-state index contributed by atoms with van der Waals surface area (Å²) in [4.78, 5) is 11.3. The van der Waals surface area contributed by atoms with Crippen molar-refractivity contribution in [2.45, 2.75) is 0 Å². The first-order valence-corrected chi connectivity index (χ1v) is 4.32. The van der Waals surface area contributed by atoms with Crippen LogP contribution in [0.3, 0.4) is 0 Å². The van der Waals surface area contributed by atoms with Crippen molar-refractivity contribution in [1.29, 1.82) is 0 Å². The first-order valence-electron chi connectivity index (χ1n) is 3.94. The van der Waals surface area contributed by atoms with Crippen LogP contribution in [0.15, 0.2) is 24.4 Å². The van der Waals surface area contributed by atoms with Gasteiger partial charge in [-0.1, -0.05) is 11.6 Å². The molecule has 5 heteroatoms. The first kappa shape index (κ1) is 9.02. The molecule has 0 fully saturated rings. The summed E-state index contributed by atoms with van der Waals surface area (Å²) in [7, 11) is 1.34. The molecule has 0 amide bonds. The van der Waals surface area contributed by atoms with E-state index in [0.29, 0.717) is 16.2 Å². The number of ether oxygens (including phenoxy) is 1. The lowest BCUT2D eigenvalue weighted by Crippen LogP contribution is -2.04. The highest BCUT2D eigenvalue weighted by molar-refractivity contribution is 6.29. The molecule has 2 heterocycles. The Kier molecular flexibility index (Phi) is 2.13. The van der Waals surface area contributed by atoms with E-state index in [1.807, 2.05) is 0 Å². The number of esters is 1. The molecule has 72 valence electrons. The minimum Gasteiger partial charge on any atom is -0.465 e. The molecule has 0 saturated heterocycles. The van der Waals surface area contributed by atoms with Crippen molar-refractivity contribution in [2.24, 2.45) is 0 Å². The maximum absolute atomic E-state index is 11.3. The molecule has 0 bridgehead atoms. The van der Waals surface area contributed by atoms with Crippen LogP contribution in [0.5, 0.6) is 0 Å². The van der Waals surface area contributed by atoms with Crippen molar-refractivity contribution in [2.75, 3.05) is 7.11 Å². The van der Waals surface area contributed by atoms with E-state index in [2.05, 4.69) is 9.84 Å². The minimum atomic E-state index is -0.396. The van der Waals surface area contributed by atoms with E-state index in [1.165, 1.54) is 11.6 Å². The lowest BCUT2D eigenvalue weighted by Gasteiger charge is -2.02. The molecule has 4 nitrogen and oxygen atoms in total. The van der Waals surface area contributed by atoms with Gasteiger partial charge >= 0.3 is 5.97 Å². The van der Waals surface area contributed by atoms with E-state index >= 15 is 0 Å². The third kappa shape index (κ3) is 1.24. The number of carbonyl (C=O) groups is 1. The number of rotatable bonds is 1. The van der Waals surface area contributed by atoms with Gasteiger partial charge in [-0.25, -0.2) is 9.31 Å². The second kappa shape index (κ2) is 3.31. The van der Waals surface area contributed by atoms with E-state index in [1.54, 1.807) is 24.4 Å². The molecule has 2 aromatic heterocycles. The lowest BCUT2D eigenvalue weighted by molar-refractivity contribution is 0.0602. The van der Waals surface area contributed by atoms with Crippen molar-refractivity contribution in [3.63, 3.8) is 0 Å². The number of pyridine rings is 1. The topological polar surface area (TPSA) is 43.6 Å². The van der Waals surface area contributed by atoms with Crippen molar-refractivity contribution in [3.8, 4) is 0 Å². The fourth-order valence-electron chi connectivity index (χ4n) is 1.27. The monoisotopic (exact) mass is 210 g/mol. The normalized spacial score (nSPS) is 10.4. The number of hydrogen-bond acceptors (Lipinski definition) is 3. The van der Waals surface area contributed by atoms with E-state index in [0.717, 1.165) is 0 Å². The summed E-state index contributed by atoms with van der Waals surface area (Å²) in [5.74, 6) is -0.396. The van der Waals surface area contributed by atoms with Crippen molar-refractivity contribution >= 4 is 23.1 Å². The predicted molar refractivity (Wildman–Crippen MR) is 51.5 cm³/mol. The Morgan fingerprint density at radius 3 is 3.00 bits per heavy atom. The summed E-state index contributed by atoms with van der Waals surface area (Å²) >= 11 is 5.87. The number of carbonyl (C=O) groups excluding carboxylic acids is 1. The summed E-state index contributed by atoms with van der Waals surface area (Å²) in [6, 6.07) is 4.93. The average Bonchev–Trinajstić information content (AvgIpc) is 2.67. The number of methoxy groups -OCH3 is 1. The summed E-state index contributed by atoms with van der Waals surface area (Å²) in [5.41, 5.74) is 1.10. The molecule has 2 rings (SSSR count). The molecular formula is C9H7ClN2O2. The fourth-order valence-corrected chi connectivity index (χ4v) is 1.47. The van der Waals surface area contributed by atoms with Gasteiger partial charge in [0.05, 0.1) is 24.4 Å². The van der Waals surface area contributed by atoms with Crippen LogP contribution in [0.4, 0.5) is 0 Å². The molecule has 0 saturated carbocycles. The molecule has 0 spiro atoms. The van der Waals surface area contributed by atoms with Gasteiger partial charge in [0.2, 0.25) is 0 Å². The standard InChI is InChI=1S/C9H7ClN2O2/c1-14-9(13)6-2-3-8(10)12-7(6)4-5-11-12/h2-5H,1H3. The lowest BCUT2D eigenvalue weighted by atomic mass is 10.2. The zero-order chi connectivity index (χ0) is 10.1. The molecule has 0 aromatic carbocycles. The Morgan fingerprint density at radius 2 is 2.29 bits per heavy atom. The molecule has 14 heavy (non-hydrogen) atoms. The van der Waals surface area contributed by atoms with Crippen molar-refractivity contribution in [1.82, 2.24) is 9.61 Å². The Labute approximate surface area is 85.0 Å². The Morgan fingerprint density at radius 1 is 1.50 bits per heavy atom. The minimum absolute atomic E-state index is 0.396. The van der Waals surface area contributed by atoms with Gasteiger partial charge in [-0.3, -0.25) is 0 Å². The Balaban J connectivity index is 2.72. The Hall–Kier alpha value is -1.55. The van der Waals surface area contributed by atoms with Gasteiger partial charge in [0, 0.05) is 0 Å². The Bertz CT molecular complexity index is 493. The smallest absolute Gasteiger partial charge is 0.340 e. The molecule has 0 radical (unpaired) electrons. The highest BCUT2D eigenvalue weighted by Gasteiger charge is 2.12. The fraction of sp³-hybridized carbons (Fsp3) is 0.111. The van der Waals surface area contributed by atoms with Gasteiger partial charge in [0.1, 0.15) is 5.15 Å². The highest BCUT2D eigenvalue weighted by Crippen LogP contribution is 2.17. The van der Waals surface area contributed by atoms with Gasteiger partial charge in [-0.2, -0.15) is 5.10 Å². The van der Waals surface area contributed by atoms with E-state index in [9.17, 15) is 4.79 Å². The van der Waals surface area contributed by atoms with Crippen molar-refractivity contribution in [3.05, 3.63) is 35.1 Å². The highest BCUT2D eigenvalue weighted by atomic mass is 35.5. The first-order chi connectivity index (χ1) is 6.74. The number of hydrogen-bond donors (Lipinski definition) is 0. The second-order valence-electron chi connectivity index (χ2n) is 2.69. The largest absolute Gasteiger partial charge is 0.465 e. The molecule has 0 aliphatic heterocycles. The van der Waals surface area contributed by atoms with Crippen LogP contribution in [-0.2, 0) is 4.74 Å². The predicted octanol–water partition coefficient (Wildman–Crippen LogP) is 1.77.